The van der Waals surface area contributed by atoms with Crippen LogP contribution in [0.4, 0.5) is 28.9 Å². The zero-order chi connectivity index (χ0) is 30.5. The fraction of sp³-hybridized carbons (Fsp3) is 0.172. The third-order valence-electron chi connectivity index (χ3n) is 6.97. The third-order valence-corrected chi connectivity index (χ3v) is 9.37. The molecule has 2 unspecified atom stereocenters. The summed E-state index contributed by atoms with van der Waals surface area (Å²) in [4.78, 5) is 55.7. The Balaban J connectivity index is 1.29. The smallest absolute Gasteiger partial charge is 0.416 e. The molecule has 3 amide bonds. The molecule has 4 aromatic rings. The molecule has 1 aromatic heterocycles. The van der Waals surface area contributed by atoms with Crippen molar-refractivity contribution in [3.05, 3.63) is 104 Å². The highest BCUT2D eigenvalue weighted by molar-refractivity contribution is 8.00. The first-order valence-corrected chi connectivity index (χ1v) is 14.4. The highest BCUT2D eigenvalue weighted by Crippen LogP contribution is 2.53. The molecule has 43 heavy (non-hydrogen) atoms. The van der Waals surface area contributed by atoms with Crippen LogP contribution >= 0.6 is 23.1 Å². The zero-order valence-corrected chi connectivity index (χ0v) is 23.3. The van der Waals surface area contributed by atoms with Crippen molar-refractivity contribution in [3.8, 4) is 5.75 Å². The number of fused-ring (bicyclic) bond motifs is 2. The Hall–Kier alpha value is -4.43. The number of H-pyrrole nitrogens is 1. The van der Waals surface area contributed by atoms with Gasteiger partial charge in [-0.25, -0.2) is 9.29 Å². The first-order valence-electron chi connectivity index (χ1n) is 12.7. The van der Waals surface area contributed by atoms with Crippen LogP contribution in [0.5, 0.6) is 5.75 Å². The van der Waals surface area contributed by atoms with Crippen molar-refractivity contribution < 1.29 is 36.7 Å². The van der Waals surface area contributed by atoms with Crippen molar-refractivity contribution in [2.45, 2.75) is 22.4 Å². The zero-order valence-electron chi connectivity index (χ0n) is 21.7. The number of amides is 3. The molecule has 0 aliphatic carbocycles. The van der Waals surface area contributed by atoms with E-state index in [-0.39, 0.29) is 16.3 Å². The summed E-state index contributed by atoms with van der Waals surface area (Å²) in [7, 11) is 0. The first kappa shape index (κ1) is 28.7. The van der Waals surface area contributed by atoms with Crippen LogP contribution in [0.1, 0.15) is 21.9 Å². The van der Waals surface area contributed by atoms with E-state index in [1.807, 2.05) is 0 Å². The van der Waals surface area contributed by atoms with Gasteiger partial charge in [-0.3, -0.25) is 19.2 Å². The number of anilines is 2. The van der Waals surface area contributed by atoms with Gasteiger partial charge in [0, 0.05) is 16.5 Å². The topological polar surface area (TPSA) is 109 Å². The number of halogens is 4. The Bertz CT molecular complexity index is 1800. The van der Waals surface area contributed by atoms with Gasteiger partial charge in [0.25, 0.3) is 5.91 Å². The maximum absolute atomic E-state index is 13.8. The number of hydrogen-bond acceptors (Lipinski definition) is 7. The molecule has 14 heteroatoms. The maximum atomic E-state index is 13.8. The molecule has 3 atom stereocenters. The van der Waals surface area contributed by atoms with E-state index < -0.39 is 59.0 Å². The number of nitrogens with one attached hydrogen (secondary N) is 2. The van der Waals surface area contributed by atoms with E-state index in [0.717, 1.165) is 46.2 Å². The molecule has 2 aliphatic rings. The summed E-state index contributed by atoms with van der Waals surface area (Å²) in [6.45, 7) is -0.392. The molecule has 6 rings (SSSR count). The standard InChI is InChI=1S/C29H19F4N3O5S2/c30-16-7-9-17(10-8-16)34-20(37)13-41-19-6-1-3-14(11-19)21-22-24(42-25-23(21)43-28(40)35-25)27(39)36(26(22)38)18-5-2-4-15(12-18)29(31,32)33/h1-12,21-22,24H,13H2,(H,34,37)(H,35,40)/t21-,22?,24?/m1/s1. The molecular weight excluding hydrogens is 610 g/mol. The second-order valence-electron chi connectivity index (χ2n) is 9.73. The number of alkyl halides is 3. The minimum atomic E-state index is -4.67. The van der Waals surface area contributed by atoms with Crippen molar-refractivity contribution in [3.63, 3.8) is 0 Å². The van der Waals surface area contributed by atoms with Gasteiger partial charge in [0.1, 0.15) is 16.8 Å². The van der Waals surface area contributed by atoms with Crippen LogP contribution in [0.25, 0.3) is 0 Å². The predicted octanol–water partition coefficient (Wildman–Crippen LogP) is 5.41. The fourth-order valence-electron chi connectivity index (χ4n) is 5.13. The predicted molar refractivity (Wildman–Crippen MR) is 151 cm³/mol. The Morgan fingerprint density at radius 1 is 0.977 bits per heavy atom. The second kappa shape index (κ2) is 11.0. The molecule has 1 fully saturated rings. The Kier molecular flexibility index (Phi) is 7.34. The normalized spacial score (nSPS) is 19.6. The Labute approximate surface area is 248 Å². The van der Waals surface area contributed by atoms with E-state index in [1.165, 1.54) is 30.3 Å². The summed E-state index contributed by atoms with van der Waals surface area (Å²) < 4.78 is 59.0. The molecule has 0 spiro atoms. The number of nitrogens with zero attached hydrogens (tertiary/aromatic N) is 1. The Morgan fingerprint density at radius 3 is 2.47 bits per heavy atom. The molecule has 2 aliphatic heterocycles. The van der Waals surface area contributed by atoms with Crippen LogP contribution in [0.2, 0.25) is 0 Å². The van der Waals surface area contributed by atoms with Gasteiger partial charge in [0.05, 0.1) is 22.2 Å². The van der Waals surface area contributed by atoms with Gasteiger partial charge < -0.3 is 15.0 Å². The molecule has 1 saturated heterocycles. The largest absolute Gasteiger partial charge is 0.484 e. The van der Waals surface area contributed by atoms with E-state index in [9.17, 15) is 36.7 Å². The number of carbonyl (C=O) groups excluding carboxylic acids is 3. The lowest BCUT2D eigenvalue weighted by Crippen LogP contribution is -2.32. The number of rotatable bonds is 6. The monoisotopic (exact) mass is 629 g/mol. The maximum Gasteiger partial charge on any atom is 0.416 e. The number of aromatic nitrogens is 1. The molecule has 3 heterocycles. The van der Waals surface area contributed by atoms with Crippen molar-refractivity contribution in [1.29, 1.82) is 0 Å². The minimum absolute atomic E-state index is 0.195. The van der Waals surface area contributed by atoms with Gasteiger partial charge in [0.2, 0.25) is 11.8 Å². The number of aromatic amines is 1. The first-order chi connectivity index (χ1) is 20.5. The summed E-state index contributed by atoms with van der Waals surface area (Å²) in [5, 5.41) is 1.98. The lowest BCUT2D eigenvalue weighted by Gasteiger charge is -2.30. The molecule has 220 valence electrons. The highest BCUT2D eigenvalue weighted by atomic mass is 32.2. The summed E-state index contributed by atoms with van der Waals surface area (Å²) in [5.41, 5.74) is -0.310. The number of ether oxygens (including phenoxy) is 1. The molecule has 0 radical (unpaired) electrons. The lowest BCUT2D eigenvalue weighted by atomic mass is 9.83. The van der Waals surface area contributed by atoms with Crippen molar-refractivity contribution in [2.75, 3.05) is 16.8 Å². The van der Waals surface area contributed by atoms with Crippen LogP contribution < -0.4 is 19.8 Å². The van der Waals surface area contributed by atoms with E-state index in [2.05, 4.69) is 10.3 Å². The van der Waals surface area contributed by atoms with Crippen LogP contribution in [-0.4, -0.2) is 34.6 Å². The van der Waals surface area contributed by atoms with Crippen molar-refractivity contribution in [1.82, 2.24) is 4.98 Å². The molecule has 3 aromatic carbocycles. The average Bonchev–Trinajstić information content (AvgIpc) is 3.47. The van der Waals surface area contributed by atoms with Gasteiger partial charge in [-0.15, -0.1) is 0 Å². The highest BCUT2D eigenvalue weighted by Gasteiger charge is 2.56. The van der Waals surface area contributed by atoms with Gasteiger partial charge in [-0.05, 0) is 60.2 Å². The van der Waals surface area contributed by atoms with E-state index in [4.69, 9.17) is 4.74 Å². The molecule has 8 nitrogen and oxygen atoms in total. The van der Waals surface area contributed by atoms with Crippen LogP contribution in [0.3, 0.4) is 0 Å². The van der Waals surface area contributed by atoms with Crippen LogP contribution in [-0.2, 0) is 20.6 Å². The van der Waals surface area contributed by atoms with Gasteiger partial charge in [-0.2, -0.15) is 13.2 Å². The van der Waals surface area contributed by atoms with Gasteiger partial charge in [-0.1, -0.05) is 41.3 Å². The summed E-state index contributed by atoms with van der Waals surface area (Å²) in [6, 6.07) is 15.7. The van der Waals surface area contributed by atoms with E-state index in [1.54, 1.807) is 24.3 Å². The van der Waals surface area contributed by atoms with Gasteiger partial charge >= 0.3 is 11.0 Å². The van der Waals surface area contributed by atoms with Crippen LogP contribution in [0, 0.1) is 11.7 Å². The van der Waals surface area contributed by atoms with Crippen molar-refractivity contribution in [2.24, 2.45) is 5.92 Å². The number of thiazole rings is 1. The van der Waals surface area contributed by atoms with E-state index in [0.29, 0.717) is 21.2 Å². The summed E-state index contributed by atoms with van der Waals surface area (Å²) in [6.07, 6.45) is -4.67. The molecular formula is C29H19F4N3O5S2. The number of imide groups is 1. The quantitative estimate of drug-likeness (QED) is 0.218. The number of carbonyl (C=O) groups is 3. The minimum Gasteiger partial charge on any atom is -0.484 e. The summed E-state index contributed by atoms with van der Waals surface area (Å²) in [5.74, 6) is -3.90. The number of benzene rings is 3. The number of thioether (sulfide) groups is 1. The summed E-state index contributed by atoms with van der Waals surface area (Å²) >= 11 is 1.88. The van der Waals surface area contributed by atoms with Gasteiger partial charge in [0.15, 0.2) is 6.61 Å². The molecule has 0 bridgehead atoms. The van der Waals surface area contributed by atoms with Crippen LogP contribution in [0.15, 0.2) is 82.6 Å². The lowest BCUT2D eigenvalue weighted by molar-refractivity contribution is -0.137. The second-order valence-corrected chi connectivity index (χ2v) is 11.9. The average molecular weight is 630 g/mol. The SMILES string of the molecule is O=C(COc1cccc([C@H]2c3sc(=O)[nH]c3SC3C(=O)N(c4cccc(C(F)(F)F)c4)C(=O)C32)c1)Nc1ccc(F)cc1. The van der Waals surface area contributed by atoms with E-state index >= 15 is 0 Å². The Morgan fingerprint density at radius 2 is 1.72 bits per heavy atom. The number of hydrogen-bond donors (Lipinski definition) is 2. The van der Waals surface area contributed by atoms with Crippen molar-refractivity contribution >= 4 is 52.2 Å². The fourth-order valence-corrected chi connectivity index (χ4v) is 7.64. The molecule has 0 saturated carbocycles. The molecule has 2 N–H and O–H groups in total. The third kappa shape index (κ3) is 5.55.